The second-order valence-electron chi connectivity index (χ2n) is 6.44. The highest BCUT2D eigenvalue weighted by molar-refractivity contribution is 5.76. The van der Waals surface area contributed by atoms with E-state index in [-0.39, 0.29) is 0 Å². The second kappa shape index (κ2) is 7.88. The van der Waals surface area contributed by atoms with Crippen LogP contribution in [0, 0.1) is 11.8 Å². The lowest BCUT2D eigenvalue weighted by atomic mass is 9.93. The first kappa shape index (κ1) is 14.8. The molecule has 2 aliphatic rings. The van der Waals surface area contributed by atoms with Crippen LogP contribution in [0.2, 0.25) is 0 Å². The van der Waals surface area contributed by atoms with E-state index in [0.29, 0.717) is 11.8 Å². The van der Waals surface area contributed by atoms with Crippen LogP contribution < -0.4 is 5.32 Å². The summed E-state index contributed by atoms with van der Waals surface area (Å²) in [4.78, 5) is 14.5. The SMILES string of the molecule is CNCC1CCN(C(=O)CC2CCCCCC2)CC1. The van der Waals surface area contributed by atoms with Gasteiger partial charge in [-0.2, -0.15) is 0 Å². The van der Waals surface area contributed by atoms with Crippen molar-refractivity contribution in [3.63, 3.8) is 0 Å². The molecule has 0 aromatic rings. The molecule has 1 aliphatic heterocycles. The number of hydrogen-bond acceptors (Lipinski definition) is 2. The van der Waals surface area contributed by atoms with E-state index in [1.165, 1.54) is 51.4 Å². The van der Waals surface area contributed by atoms with E-state index in [9.17, 15) is 4.79 Å². The van der Waals surface area contributed by atoms with E-state index >= 15 is 0 Å². The van der Waals surface area contributed by atoms with E-state index in [1.807, 2.05) is 7.05 Å². The van der Waals surface area contributed by atoms with Gasteiger partial charge in [-0.3, -0.25) is 4.79 Å². The smallest absolute Gasteiger partial charge is 0.222 e. The molecule has 0 radical (unpaired) electrons. The van der Waals surface area contributed by atoms with Gasteiger partial charge < -0.3 is 10.2 Å². The van der Waals surface area contributed by atoms with Crippen LogP contribution in [0.1, 0.15) is 57.8 Å². The molecule has 1 N–H and O–H groups in total. The number of nitrogens with one attached hydrogen (secondary N) is 1. The number of amides is 1. The number of likely N-dealkylation sites (tertiary alicyclic amines) is 1. The Morgan fingerprint density at radius 2 is 1.63 bits per heavy atom. The molecule has 1 amide bonds. The third kappa shape index (κ3) is 4.79. The minimum absolute atomic E-state index is 0.426. The molecule has 110 valence electrons. The molecule has 1 heterocycles. The van der Waals surface area contributed by atoms with Crippen LogP contribution >= 0.6 is 0 Å². The third-order valence-electron chi connectivity index (χ3n) is 4.90. The molecule has 1 aliphatic carbocycles. The van der Waals surface area contributed by atoms with E-state index < -0.39 is 0 Å². The van der Waals surface area contributed by atoms with Crippen LogP contribution in [-0.2, 0) is 4.79 Å². The van der Waals surface area contributed by atoms with E-state index in [0.717, 1.165) is 32.0 Å². The van der Waals surface area contributed by atoms with Crippen LogP contribution in [0.15, 0.2) is 0 Å². The normalized spacial score (nSPS) is 23.3. The van der Waals surface area contributed by atoms with Crippen LogP contribution in [0.3, 0.4) is 0 Å². The molecule has 0 bridgehead atoms. The highest BCUT2D eigenvalue weighted by atomic mass is 16.2. The number of rotatable bonds is 4. The molecule has 3 heteroatoms. The molecule has 2 rings (SSSR count). The zero-order valence-electron chi connectivity index (χ0n) is 12.5. The van der Waals surface area contributed by atoms with E-state index in [4.69, 9.17) is 0 Å². The van der Waals surface area contributed by atoms with Crippen molar-refractivity contribution in [3.8, 4) is 0 Å². The van der Waals surface area contributed by atoms with Crippen molar-refractivity contribution >= 4 is 5.91 Å². The largest absolute Gasteiger partial charge is 0.343 e. The molecule has 19 heavy (non-hydrogen) atoms. The zero-order valence-corrected chi connectivity index (χ0v) is 12.5. The Morgan fingerprint density at radius 3 is 2.21 bits per heavy atom. The van der Waals surface area contributed by atoms with Gasteiger partial charge in [0.1, 0.15) is 0 Å². The summed E-state index contributed by atoms with van der Waals surface area (Å²) in [7, 11) is 2.02. The number of carbonyl (C=O) groups is 1. The molecule has 3 nitrogen and oxygen atoms in total. The number of nitrogens with zero attached hydrogens (tertiary/aromatic N) is 1. The van der Waals surface area contributed by atoms with Crippen LogP contribution in [0.4, 0.5) is 0 Å². The maximum absolute atomic E-state index is 12.4. The summed E-state index contributed by atoms with van der Waals surface area (Å²) in [5.74, 6) is 1.87. The van der Waals surface area contributed by atoms with Gasteiger partial charge in [0.15, 0.2) is 0 Å². The summed E-state index contributed by atoms with van der Waals surface area (Å²) in [6.07, 6.45) is 11.2. The maximum atomic E-state index is 12.4. The minimum atomic E-state index is 0.426. The van der Waals surface area contributed by atoms with Crippen molar-refractivity contribution in [2.45, 2.75) is 57.8 Å². The fraction of sp³-hybridized carbons (Fsp3) is 0.938. The topological polar surface area (TPSA) is 32.3 Å². The Morgan fingerprint density at radius 1 is 1.00 bits per heavy atom. The van der Waals surface area contributed by atoms with Crippen LogP contribution in [0.25, 0.3) is 0 Å². The van der Waals surface area contributed by atoms with Crippen molar-refractivity contribution in [2.24, 2.45) is 11.8 Å². The Kier molecular flexibility index (Phi) is 6.15. The van der Waals surface area contributed by atoms with Gasteiger partial charge >= 0.3 is 0 Å². The fourth-order valence-electron chi connectivity index (χ4n) is 3.62. The molecule has 2 fully saturated rings. The summed E-state index contributed by atoms with van der Waals surface area (Å²) in [5.41, 5.74) is 0. The summed E-state index contributed by atoms with van der Waals surface area (Å²) in [6.45, 7) is 3.07. The number of piperidine rings is 1. The van der Waals surface area contributed by atoms with Gasteiger partial charge in [-0.1, -0.05) is 25.7 Å². The number of carbonyl (C=O) groups excluding carboxylic acids is 1. The van der Waals surface area contributed by atoms with Gasteiger partial charge in [-0.05, 0) is 51.1 Å². The monoisotopic (exact) mass is 266 g/mol. The minimum Gasteiger partial charge on any atom is -0.343 e. The lowest BCUT2D eigenvalue weighted by molar-refractivity contribution is -0.133. The average molecular weight is 266 g/mol. The lowest BCUT2D eigenvalue weighted by Crippen LogP contribution is -2.41. The predicted molar refractivity (Wildman–Crippen MR) is 79.0 cm³/mol. The molecule has 0 spiro atoms. The second-order valence-corrected chi connectivity index (χ2v) is 6.44. The first-order chi connectivity index (χ1) is 9.29. The summed E-state index contributed by atoms with van der Waals surface area (Å²) in [6, 6.07) is 0. The Bertz CT molecular complexity index is 264. The van der Waals surface area contributed by atoms with Crippen molar-refractivity contribution in [2.75, 3.05) is 26.7 Å². The average Bonchev–Trinajstić information content (AvgIpc) is 2.68. The van der Waals surface area contributed by atoms with E-state index in [1.54, 1.807) is 0 Å². The quantitative estimate of drug-likeness (QED) is 0.794. The van der Waals surface area contributed by atoms with Gasteiger partial charge in [-0.15, -0.1) is 0 Å². The molecule has 1 saturated carbocycles. The Balaban J connectivity index is 1.71. The maximum Gasteiger partial charge on any atom is 0.222 e. The standard InChI is InChI=1S/C16H30N2O/c1-17-13-15-8-10-18(11-9-15)16(19)12-14-6-4-2-3-5-7-14/h14-15,17H,2-13H2,1H3. The zero-order chi connectivity index (χ0) is 13.5. The van der Waals surface area contributed by atoms with Crippen molar-refractivity contribution < 1.29 is 4.79 Å². The molecular formula is C16H30N2O. The highest BCUT2D eigenvalue weighted by Crippen LogP contribution is 2.27. The molecular weight excluding hydrogens is 236 g/mol. The highest BCUT2D eigenvalue weighted by Gasteiger charge is 2.24. The van der Waals surface area contributed by atoms with Gasteiger partial charge in [0.2, 0.25) is 5.91 Å². The van der Waals surface area contributed by atoms with Gasteiger partial charge in [0.05, 0.1) is 0 Å². The first-order valence-corrected chi connectivity index (χ1v) is 8.22. The van der Waals surface area contributed by atoms with Crippen molar-refractivity contribution in [3.05, 3.63) is 0 Å². The third-order valence-corrected chi connectivity index (χ3v) is 4.90. The first-order valence-electron chi connectivity index (χ1n) is 8.22. The fourth-order valence-corrected chi connectivity index (χ4v) is 3.62. The summed E-state index contributed by atoms with van der Waals surface area (Å²) >= 11 is 0. The molecule has 0 atom stereocenters. The van der Waals surface area contributed by atoms with Gasteiger partial charge in [0, 0.05) is 19.5 Å². The van der Waals surface area contributed by atoms with Crippen molar-refractivity contribution in [1.29, 1.82) is 0 Å². The van der Waals surface area contributed by atoms with Gasteiger partial charge in [0.25, 0.3) is 0 Å². The Hall–Kier alpha value is -0.570. The van der Waals surface area contributed by atoms with Crippen molar-refractivity contribution in [1.82, 2.24) is 10.2 Å². The predicted octanol–water partition coefficient (Wildman–Crippen LogP) is 2.80. The number of hydrogen-bond donors (Lipinski definition) is 1. The van der Waals surface area contributed by atoms with E-state index in [2.05, 4.69) is 10.2 Å². The molecule has 0 aromatic heterocycles. The van der Waals surface area contributed by atoms with Gasteiger partial charge in [-0.25, -0.2) is 0 Å². The Labute approximate surface area is 118 Å². The summed E-state index contributed by atoms with van der Waals surface area (Å²) < 4.78 is 0. The molecule has 0 unspecified atom stereocenters. The molecule has 1 saturated heterocycles. The lowest BCUT2D eigenvalue weighted by Gasteiger charge is -2.32. The molecule has 0 aromatic carbocycles. The van der Waals surface area contributed by atoms with Crippen LogP contribution in [0.5, 0.6) is 0 Å². The van der Waals surface area contributed by atoms with Crippen LogP contribution in [-0.4, -0.2) is 37.5 Å². The summed E-state index contributed by atoms with van der Waals surface area (Å²) in [5, 5.41) is 3.25.